The van der Waals surface area contributed by atoms with E-state index >= 15 is 0 Å². The Morgan fingerprint density at radius 2 is 1.50 bits per heavy atom. The average molecular weight is 279 g/mol. The normalized spacial score (nSPS) is 27.0. The van der Waals surface area contributed by atoms with Gasteiger partial charge in [-0.3, -0.25) is 0 Å². The van der Waals surface area contributed by atoms with Crippen LogP contribution in [0.3, 0.4) is 0 Å². The molecule has 116 valence electrons. The van der Waals surface area contributed by atoms with E-state index in [-0.39, 0.29) is 0 Å². The van der Waals surface area contributed by atoms with E-state index in [1.54, 1.807) is 0 Å². The third-order valence-electron chi connectivity index (χ3n) is 5.37. The maximum absolute atomic E-state index is 3.77. The molecule has 0 spiro atoms. The third kappa shape index (κ3) is 5.01. The summed E-state index contributed by atoms with van der Waals surface area (Å²) in [5.41, 5.74) is 0. The summed E-state index contributed by atoms with van der Waals surface area (Å²) in [4.78, 5) is 5.36. The van der Waals surface area contributed by atoms with Crippen molar-refractivity contribution < 1.29 is 0 Å². The van der Waals surface area contributed by atoms with Crippen LogP contribution < -0.4 is 5.32 Å². The smallest absolute Gasteiger partial charge is 0.0110 e. The molecule has 0 bridgehead atoms. The highest BCUT2D eigenvalue weighted by molar-refractivity contribution is 4.80. The molecule has 1 heterocycles. The van der Waals surface area contributed by atoms with E-state index in [1.807, 2.05) is 0 Å². The Kier molecular flexibility index (Phi) is 5.75. The molecule has 20 heavy (non-hydrogen) atoms. The van der Waals surface area contributed by atoms with Gasteiger partial charge in [0.05, 0.1) is 0 Å². The molecule has 0 aromatic rings. The Labute approximate surface area is 125 Å². The number of nitrogens with one attached hydrogen (secondary N) is 1. The van der Waals surface area contributed by atoms with E-state index < -0.39 is 0 Å². The molecular weight excluding hydrogens is 246 g/mol. The number of rotatable bonds is 7. The Morgan fingerprint density at radius 3 is 2.20 bits per heavy atom. The first kappa shape index (κ1) is 14.8. The van der Waals surface area contributed by atoms with Crippen molar-refractivity contribution in [3.05, 3.63) is 0 Å². The van der Waals surface area contributed by atoms with Crippen molar-refractivity contribution in [1.82, 2.24) is 15.1 Å². The molecule has 0 aromatic heterocycles. The fourth-order valence-electron chi connectivity index (χ4n) is 3.78. The van der Waals surface area contributed by atoms with Crippen LogP contribution in [0.5, 0.6) is 0 Å². The number of piperazine rings is 1. The maximum atomic E-state index is 3.77. The topological polar surface area (TPSA) is 18.5 Å². The minimum absolute atomic E-state index is 0.833. The highest BCUT2D eigenvalue weighted by atomic mass is 15.3. The Bertz CT molecular complexity index is 263. The quantitative estimate of drug-likeness (QED) is 0.722. The van der Waals surface area contributed by atoms with Crippen molar-refractivity contribution in [2.45, 2.75) is 57.4 Å². The van der Waals surface area contributed by atoms with Crippen LogP contribution in [0, 0.1) is 5.92 Å². The lowest BCUT2D eigenvalue weighted by Crippen LogP contribution is -2.47. The summed E-state index contributed by atoms with van der Waals surface area (Å²) >= 11 is 0. The average Bonchev–Trinajstić information content (AvgIpc) is 3.30. The molecule has 3 fully saturated rings. The van der Waals surface area contributed by atoms with E-state index in [0.29, 0.717) is 0 Å². The predicted octanol–water partition coefficient (Wildman–Crippen LogP) is 2.33. The minimum Gasteiger partial charge on any atom is -0.314 e. The lowest BCUT2D eigenvalue weighted by molar-refractivity contribution is 0.127. The van der Waals surface area contributed by atoms with Gasteiger partial charge in [0.25, 0.3) is 0 Å². The standard InChI is InChI=1S/C17H33N3/c1-2-5-17(6-3-1)18-9-4-10-19-11-13-20(14-12-19)15-16-7-8-16/h16-18H,1-15H2. The van der Waals surface area contributed by atoms with E-state index in [2.05, 4.69) is 15.1 Å². The van der Waals surface area contributed by atoms with Gasteiger partial charge in [-0.2, -0.15) is 0 Å². The van der Waals surface area contributed by atoms with Crippen LogP contribution in [0.15, 0.2) is 0 Å². The van der Waals surface area contributed by atoms with Crippen LogP contribution in [-0.4, -0.2) is 61.7 Å². The van der Waals surface area contributed by atoms with Crippen LogP contribution in [0.1, 0.15) is 51.4 Å². The van der Waals surface area contributed by atoms with Gasteiger partial charge >= 0.3 is 0 Å². The lowest BCUT2D eigenvalue weighted by Gasteiger charge is -2.35. The molecule has 3 nitrogen and oxygen atoms in total. The second-order valence-electron chi connectivity index (χ2n) is 7.23. The summed E-state index contributed by atoms with van der Waals surface area (Å²) < 4.78 is 0. The summed E-state index contributed by atoms with van der Waals surface area (Å²) in [6.45, 7) is 9.15. The molecule has 2 saturated carbocycles. The van der Waals surface area contributed by atoms with Gasteiger partial charge in [-0.05, 0) is 51.1 Å². The van der Waals surface area contributed by atoms with E-state index in [1.165, 1.54) is 97.2 Å². The highest BCUT2D eigenvalue weighted by Gasteiger charge is 2.26. The largest absolute Gasteiger partial charge is 0.314 e. The van der Waals surface area contributed by atoms with Gasteiger partial charge in [-0.1, -0.05) is 19.3 Å². The molecule has 2 aliphatic carbocycles. The van der Waals surface area contributed by atoms with Crippen LogP contribution >= 0.6 is 0 Å². The van der Waals surface area contributed by atoms with Crippen LogP contribution in [-0.2, 0) is 0 Å². The van der Waals surface area contributed by atoms with Crippen molar-refractivity contribution in [3.8, 4) is 0 Å². The van der Waals surface area contributed by atoms with Crippen molar-refractivity contribution in [3.63, 3.8) is 0 Å². The first-order valence-corrected chi connectivity index (χ1v) is 9.08. The molecule has 1 N–H and O–H groups in total. The van der Waals surface area contributed by atoms with Crippen LogP contribution in [0.25, 0.3) is 0 Å². The van der Waals surface area contributed by atoms with Gasteiger partial charge in [-0.25, -0.2) is 0 Å². The zero-order chi connectivity index (χ0) is 13.6. The number of hydrogen-bond acceptors (Lipinski definition) is 3. The summed E-state index contributed by atoms with van der Waals surface area (Å²) in [5.74, 6) is 1.06. The molecular formula is C17H33N3. The zero-order valence-electron chi connectivity index (χ0n) is 13.2. The Balaban J connectivity index is 1.20. The molecule has 3 rings (SSSR count). The molecule has 1 aliphatic heterocycles. The highest BCUT2D eigenvalue weighted by Crippen LogP contribution is 2.29. The van der Waals surface area contributed by atoms with Gasteiger partial charge in [0.1, 0.15) is 0 Å². The van der Waals surface area contributed by atoms with Crippen LogP contribution in [0.2, 0.25) is 0 Å². The summed E-state index contributed by atoms with van der Waals surface area (Å²) in [5, 5.41) is 3.77. The van der Waals surface area contributed by atoms with Crippen LogP contribution in [0.4, 0.5) is 0 Å². The zero-order valence-corrected chi connectivity index (χ0v) is 13.2. The van der Waals surface area contributed by atoms with Gasteiger partial charge in [0, 0.05) is 38.8 Å². The monoisotopic (exact) mass is 279 g/mol. The van der Waals surface area contributed by atoms with E-state index in [4.69, 9.17) is 0 Å². The molecule has 0 atom stereocenters. The van der Waals surface area contributed by atoms with Crippen molar-refractivity contribution >= 4 is 0 Å². The number of hydrogen-bond donors (Lipinski definition) is 1. The number of nitrogens with zero attached hydrogens (tertiary/aromatic N) is 2. The molecule has 0 aromatic carbocycles. The maximum Gasteiger partial charge on any atom is 0.0110 e. The van der Waals surface area contributed by atoms with Gasteiger partial charge in [0.15, 0.2) is 0 Å². The molecule has 1 saturated heterocycles. The summed E-state index contributed by atoms with van der Waals surface area (Å²) in [7, 11) is 0. The lowest BCUT2D eigenvalue weighted by atomic mass is 9.95. The summed E-state index contributed by atoms with van der Waals surface area (Å²) in [6.07, 6.45) is 11.5. The summed E-state index contributed by atoms with van der Waals surface area (Å²) in [6, 6.07) is 0.833. The molecule has 0 unspecified atom stereocenters. The minimum atomic E-state index is 0.833. The van der Waals surface area contributed by atoms with E-state index in [9.17, 15) is 0 Å². The van der Waals surface area contributed by atoms with E-state index in [0.717, 1.165) is 12.0 Å². The van der Waals surface area contributed by atoms with Gasteiger partial charge in [0.2, 0.25) is 0 Å². The molecule has 3 heteroatoms. The Morgan fingerprint density at radius 1 is 0.800 bits per heavy atom. The van der Waals surface area contributed by atoms with Gasteiger partial charge < -0.3 is 15.1 Å². The van der Waals surface area contributed by atoms with Crippen molar-refractivity contribution in [2.75, 3.05) is 45.8 Å². The second kappa shape index (κ2) is 7.77. The van der Waals surface area contributed by atoms with Crippen molar-refractivity contribution in [2.24, 2.45) is 5.92 Å². The molecule has 3 aliphatic rings. The first-order chi connectivity index (χ1) is 9.90. The molecule has 0 radical (unpaired) electrons. The predicted molar refractivity (Wildman–Crippen MR) is 85.1 cm³/mol. The first-order valence-electron chi connectivity index (χ1n) is 9.08. The second-order valence-corrected chi connectivity index (χ2v) is 7.23. The Hall–Kier alpha value is -0.120. The third-order valence-corrected chi connectivity index (χ3v) is 5.37. The van der Waals surface area contributed by atoms with Gasteiger partial charge in [-0.15, -0.1) is 0 Å². The van der Waals surface area contributed by atoms with Crippen molar-refractivity contribution in [1.29, 1.82) is 0 Å². The SMILES string of the molecule is C1CCC(NCCCN2CCN(CC3CC3)CC2)CC1. The fraction of sp³-hybridized carbons (Fsp3) is 1.00. The molecule has 0 amide bonds. The fourth-order valence-corrected chi connectivity index (χ4v) is 3.78.